The predicted molar refractivity (Wildman–Crippen MR) is 89.9 cm³/mol. The Balaban J connectivity index is 2.23. The molecule has 2 aromatic rings. The van der Waals surface area contributed by atoms with Gasteiger partial charge in [-0.15, -0.1) is 11.8 Å². The van der Waals surface area contributed by atoms with E-state index in [-0.39, 0.29) is 5.91 Å². The van der Waals surface area contributed by atoms with Gasteiger partial charge in [-0.25, -0.2) is 0 Å². The maximum absolute atomic E-state index is 12.3. The van der Waals surface area contributed by atoms with Gasteiger partial charge < -0.3 is 5.32 Å². The normalized spacial score (nSPS) is 10.3. The number of amides is 1. The molecule has 0 unspecified atom stereocenters. The lowest BCUT2D eigenvalue weighted by atomic mass is 10.2. The third-order valence-electron chi connectivity index (χ3n) is 2.56. The van der Waals surface area contributed by atoms with Gasteiger partial charge in [-0.1, -0.05) is 46.6 Å². The van der Waals surface area contributed by atoms with Crippen molar-refractivity contribution < 1.29 is 4.79 Å². The number of hydrogen-bond donors (Lipinski definition) is 1. The van der Waals surface area contributed by atoms with Gasteiger partial charge in [-0.2, -0.15) is 0 Å². The fourth-order valence-corrected chi connectivity index (χ4v) is 3.35. The molecule has 0 radical (unpaired) electrons. The second-order valence-corrected chi connectivity index (χ2v) is 6.70. The largest absolute Gasteiger partial charge is 0.321 e. The molecule has 2 rings (SSSR count). The zero-order valence-corrected chi connectivity index (χ0v) is 14.0. The van der Waals surface area contributed by atoms with Crippen LogP contribution in [0.25, 0.3) is 0 Å². The molecular formula is C15H13BrClNOS. The summed E-state index contributed by atoms with van der Waals surface area (Å²) in [6.45, 7) is 2.08. The molecule has 2 aromatic carbocycles. The van der Waals surface area contributed by atoms with Crippen molar-refractivity contribution in [3.8, 4) is 0 Å². The Morgan fingerprint density at radius 1 is 1.30 bits per heavy atom. The van der Waals surface area contributed by atoms with Crippen LogP contribution in [0.1, 0.15) is 17.3 Å². The molecule has 20 heavy (non-hydrogen) atoms. The Kier molecular flexibility index (Phi) is 5.52. The number of carbonyl (C=O) groups excluding carboxylic acids is 1. The van der Waals surface area contributed by atoms with Crippen molar-refractivity contribution in [1.29, 1.82) is 0 Å². The highest BCUT2D eigenvalue weighted by Crippen LogP contribution is 2.27. The number of rotatable bonds is 4. The van der Waals surface area contributed by atoms with Gasteiger partial charge in [-0.05, 0) is 36.1 Å². The van der Waals surface area contributed by atoms with Gasteiger partial charge in [-0.3, -0.25) is 4.79 Å². The molecule has 0 spiro atoms. The summed E-state index contributed by atoms with van der Waals surface area (Å²) >= 11 is 11.0. The number of thioether (sulfide) groups is 1. The molecule has 0 bridgehead atoms. The second-order valence-electron chi connectivity index (χ2n) is 4.04. The number of anilines is 1. The van der Waals surface area contributed by atoms with Crippen LogP contribution < -0.4 is 5.32 Å². The monoisotopic (exact) mass is 369 g/mol. The molecule has 5 heteroatoms. The highest BCUT2D eigenvalue weighted by Gasteiger charge is 2.10. The lowest BCUT2D eigenvalue weighted by Gasteiger charge is -2.10. The van der Waals surface area contributed by atoms with Crippen molar-refractivity contribution in [3.05, 3.63) is 57.5 Å². The third kappa shape index (κ3) is 4.01. The molecule has 1 N–H and O–H groups in total. The van der Waals surface area contributed by atoms with Crippen LogP contribution in [-0.4, -0.2) is 11.7 Å². The second kappa shape index (κ2) is 7.16. The van der Waals surface area contributed by atoms with Crippen LogP contribution in [0.3, 0.4) is 0 Å². The van der Waals surface area contributed by atoms with Crippen LogP contribution in [0.4, 0.5) is 5.69 Å². The molecular weight excluding hydrogens is 358 g/mol. The van der Waals surface area contributed by atoms with E-state index in [0.717, 1.165) is 20.8 Å². The summed E-state index contributed by atoms with van der Waals surface area (Å²) < 4.78 is 0.784. The molecule has 104 valence electrons. The number of carbonyl (C=O) groups is 1. The number of para-hydroxylation sites is 1. The number of benzene rings is 2. The smallest absolute Gasteiger partial charge is 0.255 e. The Morgan fingerprint density at radius 2 is 2.05 bits per heavy atom. The Bertz CT molecular complexity index is 613. The van der Waals surface area contributed by atoms with Crippen LogP contribution in [0.5, 0.6) is 0 Å². The zero-order valence-electron chi connectivity index (χ0n) is 10.8. The molecule has 0 heterocycles. The third-order valence-corrected chi connectivity index (χ3v) is 4.19. The van der Waals surface area contributed by atoms with Crippen molar-refractivity contribution >= 4 is 50.9 Å². The van der Waals surface area contributed by atoms with Crippen LogP contribution in [0, 0.1) is 0 Å². The molecule has 0 saturated carbocycles. The molecule has 0 fully saturated rings. The van der Waals surface area contributed by atoms with Crippen LogP contribution in [0.15, 0.2) is 51.8 Å². The van der Waals surface area contributed by atoms with Crippen LogP contribution in [-0.2, 0) is 0 Å². The van der Waals surface area contributed by atoms with Crippen LogP contribution >= 0.6 is 39.3 Å². The fraction of sp³-hybridized carbons (Fsp3) is 0.133. The SMILES string of the molecule is CCSc1ccccc1NC(=O)c1cc(Cl)cc(Br)c1. The average molecular weight is 371 g/mol. The van der Waals surface area contributed by atoms with Gasteiger partial charge in [0.05, 0.1) is 5.69 Å². The predicted octanol–water partition coefficient (Wildman–Crippen LogP) is 5.47. The maximum atomic E-state index is 12.3. The molecule has 1 amide bonds. The number of halogens is 2. The van der Waals surface area contributed by atoms with Crippen molar-refractivity contribution in [2.24, 2.45) is 0 Å². The summed E-state index contributed by atoms with van der Waals surface area (Å²) in [6, 6.07) is 12.9. The Labute approximate surface area is 136 Å². The lowest BCUT2D eigenvalue weighted by molar-refractivity contribution is 0.102. The first kappa shape index (κ1) is 15.4. The molecule has 0 atom stereocenters. The van der Waals surface area contributed by atoms with E-state index in [1.165, 1.54) is 0 Å². The first-order chi connectivity index (χ1) is 9.60. The topological polar surface area (TPSA) is 29.1 Å². The van der Waals surface area contributed by atoms with E-state index < -0.39 is 0 Å². The van der Waals surface area contributed by atoms with Gasteiger partial charge >= 0.3 is 0 Å². The summed E-state index contributed by atoms with van der Waals surface area (Å²) in [4.78, 5) is 13.3. The number of nitrogens with one attached hydrogen (secondary N) is 1. The van der Waals surface area contributed by atoms with Crippen molar-refractivity contribution in [2.45, 2.75) is 11.8 Å². The van der Waals surface area contributed by atoms with Crippen molar-refractivity contribution in [2.75, 3.05) is 11.1 Å². The number of hydrogen-bond acceptors (Lipinski definition) is 2. The summed E-state index contributed by atoms with van der Waals surface area (Å²) in [5.74, 6) is 0.785. The van der Waals surface area contributed by atoms with Gasteiger partial charge in [0.2, 0.25) is 0 Å². The summed E-state index contributed by atoms with van der Waals surface area (Å²) in [5, 5.41) is 3.46. The quantitative estimate of drug-likeness (QED) is 0.723. The van der Waals surface area contributed by atoms with Gasteiger partial charge in [0.15, 0.2) is 0 Å². The van der Waals surface area contributed by atoms with E-state index in [0.29, 0.717) is 10.6 Å². The van der Waals surface area contributed by atoms with E-state index in [1.54, 1.807) is 30.0 Å². The van der Waals surface area contributed by atoms with Crippen molar-refractivity contribution in [3.63, 3.8) is 0 Å². The highest BCUT2D eigenvalue weighted by atomic mass is 79.9. The minimum absolute atomic E-state index is 0.169. The lowest BCUT2D eigenvalue weighted by Crippen LogP contribution is -2.12. The average Bonchev–Trinajstić information content (AvgIpc) is 2.40. The van der Waals surface area contributed by atoms with Gasteiger partial charge in [0.25, 0.3) is 5.91 Å². The molecule has 0 saturated heterocycles. The molecule has 2 nitrogen and oxygen atoms in total. The van der Waals surface area contributed by atoms with Crippen molar-refractivity contribution in [1.82, 2.24) is 0 Å². The fourth-order valence-electron chi connectivity index (χ4n) is 1.73. The minimum Gasteiger partial charge on any atom is -0.321 e. The standard InChI is InChI=1S/C15H13BrClNOS/c1-2-20-14-6-4-3-5-13(14)18-15(19)10-7-11(16)9-12(17)8-10/h3-9H,2H2,1H3,(H,18,19). The molecule has 0 aliphatic rings. The molecule has 0 aliphatic carbocycles. The maximum Gasteiger partial charge on any atom is 0.255 e. The summed E-state index contributed by atoms with van der Waals surface area (Å²) in [5.41, 5.74) is 1.35. The Morgan fingerprint density at radius 3 is 2.75 bits per heavy atom. The van der Waals surface area contributed by atoms with E-state index in [2.05, 4.69) is 28.2 Å². The molecule has 0 aromatic heterocycles. The van der Waals surface area contributed by atoms with Crippen LogP contribution in [0.2, 0.25) is 5.02 Å². The first-order valence-corrected chi connectivity index (χ1v) is 8.25. The zero-order chi connectivity index (χ0) is 14.5. The Hall–Kier alpha value is -0.970. The van der Waals surface area contributed by atoms with E-state index >= 15 is 0 Å². The summed E-state index contributed by atoms with van der Waals surface area (Å²) in [7, 11) is 0. The van der Waals surface area contributed by atoms with Gasteiger partial charge in [0.1, 0.15) is 0 Å². The first-order valence-electron chi connectivity index (χ1n) is 6.09. The van der Waals surface area contributed by atoms with E-state index in [1.807, 2.05) is 24.3 Å². The van der Waals surface area contributed by atoms with Gasteiger partial charge in [0, 0.05) is 20.0 Å². The highest BCUT2D eigenvalue weighted by molar-refractivity contribution is 9.10. The summed E-state index contributed by atoms with van der Waals surface area (Å²) in [6.07, 6.45) is 0. The van der Waals surface area contributed by atoms with E-state index in [4.69, 9.17) is 11.6 Å². The minimum atomic E-state index is -0.169. The van der Waals surface area contributed by atoms with E-state index in [9.17, 15) is 4.79 Å². The molecule has 0 aliphatic heterocycles.